The zero-order valence-electron chi connectivity index (χ0n) is 10.8. The number of fused-ring (bicyclic) bond motifs is 1. The molecule has 0 aromatic carbocycles. The first kappa shape index (κ1) is 12.1. The first-order valence-electron chi connectivity index (χ1n) is 5.94. The molecular formula is C13H20N4. The summed E-state index contributed by atoms with van der Waals surface area (Å²) in [5.41, 5.74) is 2.40. The fourth-order valence-corrected chi connectivity index (χ4v) is 2.00. The molecule has 0 unspecified atom stereocenters. The smallest absolute Gasteiger partial charge is 0.140 e. The summed E-state index contributed by atoms with van der Waals surface area (Å²) in [4.78, 5) is 6.67. The van der Waals surface area contributed by atoms with Gasteiger partial charge in [0.1, 0.15) is 5.65 Å². The quantitative estimate of drug-likeness (QED) is 0.844. The van der Waals surface area contributed by atoms with Crippen molar-refractivity contribution in [2.75, 3.05) is 27.7 Å². The molecule has 0 fully saturated rings. The van der Waals surface area contributed by atoms with Crippen LogP contribution < -0.4 is 5.32 Å². The molecule has 0 atom stereocenters. The normalized spacial score (nSPS) is 11.5. The number of hydrogen-bond donors (Lipinski definition) is 1. The minimum Gasteiger partial charge on any atom is -0.331 e. The van der Waals surface area contributed by atoms with Crippen molar-refractivity contribution in [2.45, 2.75) is 13.1 Å². The number of hydrogen-bond acceptors (Lipinski definition) is 3. The van der Waals surface area contributed by atoms with Gasteiger partial charge in [0.2, 0.25) is 0 Å². The monoisotopic (exact) mass is 232 g/mol. The van der Waals surface area contributed by atoms with Crippen LogP contribution in [-0.4, -0.2) is 42.1 Å². The Kier molecular flexibility index (Phi) is 3.76. The Morgan fingerprint density at radius 2 is 2.24 bits per heavy atom. The van der Waals surface area contributed by atoms with Gasteiger partial charge >= 0.3 is 0 Å². The Balaban J connectivity index is 2.34. The van der Waals surface area contributed by atoms with Gasteiger partial charge < -0.3 is 14.8 Å². The molecule has 2 aromatic rings. The molecule has 0 bridgehead atoms. The van der Waals surface area contributed by atoms with E-state index in [2.05, 4.69) is 46.1 Å². The van der Waals surface area contributed by atoms with E-state index in [4.69, 9.17) is 0 Å². The van der Waals surface area contributed by atoms with Gasteiger partial charge in [0.15, 0.2) is 0 Å². The van der Waals surface area contributed by atoms with Gasteiger partial charge in [-0.25, -0.2) is 4.98 Å². The second-order valence-electron chi connectivity index (χ2n) is 4.56. The summed E-state index contributed by atoms with van der Waals surface area (Å²) < 4.78 is 2.24. The number of nitrogens with one attached hydrogen (secondary N) is 1. The molecule has 4 nitrogen and oxygen atoms in total. The van der Waals surface area contributed by atoms with E-state index >= 15 is 0 Å². The van der Waals surface area contributed by atoms with Crippen LogP contribution in [0.5, 0.6) is 0 Å². The van der Waals surface area contributed by atoms with Crippen molar-refractivity contribution >= 4 is 11.0 Å². The van der Waals surface area contributed by atoms with E-state index < -0.39 is 0 Å². The van der Waals surface area contributed by atoms with Gasteiger partial charge in [-0.2, -0.15) is 0 Å². The molecule has 0 saturated heterocycles. The third-order valence-corrected chi connectivity index (χ3v) is 2.87. The number of pyridine rings is 1. The van der Waals surface area contributed by atoms with Gasteiger partial charge in [-0.1, -0.05) is 0 Å². The summed E-state index contributed by atoms with van der Waals surface area (Å²) in [5.74, 6) is 0. The lowest BCUT2D eigenvalue weighted by Gasteiger charge is -2.10. The Morgan fingerprint density at radius 3 is 2.94 bits per heavy atom. The first-order valence-corrected chi connectivity index (χ1v) is 5.94. The van der Waals surface area contributed by atoms with Crippen LogP contribution in [0.2, 0.25) is 0 Å². The van der Waals surface area contributed by atoms with E-state index in [0.29, 0.717) is 0 Å². The molecule has 2 rings (SSSR count). The molecule has 0 amide bonds. The van der Waals surface area contributed by atoms with Crippen molar-refractivity contribution in [3.05, 3.63) is 30.1 Å². The van der Waals surface area contributed by atoms with Gasteiger partial charge in [-0.05, 0) is 38.8 Å². The first-order chi connectivity index (χ1) is 8.22. The van der Waals surface area contributed by atoms with E-state index in [1.54, 1.807) is 0 Å². The average molecular weight is 232 g/mol. The molecule has 4 heteroatoms. The van der Waals surface area contributed by atoms with Crippen LogP contribution in [-0.2, 0) is 13.1 Å². The highest BCUT2D eigenvalue weighted by molar-refractivity contribution is 5.80. The summed E-state index contributed by atoms with van der Waals surface area (Å²) in [5, 5.41) is 4.45. The highest BCUT2D eigenvalue weighted by Crippen LogP contribution is 2.19. The lowest BCUT2D eigenvalue weighted by atomic mass is 10.2. The van der Waals surface area contributed by atoms with Crippen LogP contribution in [0.4, 0.5) is 0 Å². The fraction of sp³-hybridized carbons (Fsp3) is 0.462. The maximum absolute atomic E-state index is 4.48. The third-order valence-electron chi connectivity index (χ3n) is 2.87. The highest BCUT2D eigenvalue weighted by Gasteiger charge is 2.08. The minimum absolute atomic E-state index is 0.886. The average Bonchev–Trinajstić information content (AvgIpc) is 2.66. The Morgan fingerprint density at radius 1 is 1.41 bits per heavy atom. The summed E-state index contributed by atoms with van der Waals surface area (Å²) in [7, 11) is 6.15. The Labute approximate surface area is 102 Å². The largest absolute Gasteiger partial charge is 0.331 e. The van der Waals surface area contributed by atoms with E-state index in [9.17, 15) is 0 Å². The maximum atomic E-state index is 4.48. The fourth-order valence-electron chi connectivity index (χ4n) is 2.00. The van der Waals surface area contributed by atoms with Crippen LogP contribution in [0, 0.1) is 0 Å². The third kappa shape index (κ3) is 2.65. The molecule has 0 aliphatic rings. The molecule has 0 spiro atoms. The molecule has 1 N–H and O–H groups in total. The lowest BCUT2D eigenvalue weighted by molar-refractivity contribution is 0.386. The van der Waals surface area contributed by atoms with Crippen LogP contribution >= 0.6 is 0 Å². The maximum Gasteiger partial charge on any atom is 0.140 e. The minimum atomic E-state index is 0.886. The van der Waals surface area contributed by atoms with Crippen molar-refractivity contribution in [3.63, 3.8) is 0 Å². The summed E-state index contributed by atoms with van der Waals surface area (Å²) in [6.45, 7) is 2.89. The van der Waals surface area contributed by atoms with E-state index in [-0.39, 0.29) is 0 Å². The molecule has 0 saturated carbocycles. The van der Waals surface area contributed by atoms with Crippen LogP contribution in [0.3, 0.4) is 0 Å². The molecule has 0 aliphatic heterocycles. The van der Waals surface area contributed by atoms with Crippen molar-refractivity contribution in [1.29, 1.82) is 0 Å². The second-order valence-corrected chi connectivity index (χ2v) is 4.56. The zero-order chi connectivity index (χ0) is 12.3. The van der Waals surface area contributed by atoms with Crippen LogP contribution in [0.1, 0.15) is 5.56 Å². The van der Waals surface area contributed by atoms with E-state index in [1.165, 1.54) is 10.9 Å². The number of aromatic nitrogens is 2. The predicted octanol–water partition coefficient (Wildman–Crippen LogP) is 1.32. The highest BCUT2D eigenvalue weighted by atomic mass is 15.1. The standard InChI is InChI=1S/C13H20N4/c1-14-9-11-10-17(8-7-16(2)3)13-12(11)5-4-6-15-13/h4-6,10,14H,7-9H2,1-3H3. The SMILES string of the molecule is CNCc1cn(CCN(C)C)c2ncccc12. The van der Waals surface area contributed by atoms with Gasteiger partial charge in [-0.15, -0.1) is 0 Å². The van der Waals surface area contributed by atoms with E-state index in [1.807, 2.05) is 19.3 Å². The van der Waals surface area contributed by atoms with Crippen molar-refractivity contribution in [1.82, 2.24) is 19.8 Å². The summed E-state index contributed by atoms with van der Waals surface area (Å²) in [6, 6.07) is 4.14. The molecule has 17 heavy (non-hydrogen) atoms. The Hall–Kier alpha value is -1.39. The van der Waals surface area contributed by atoms with E-state index in [0.717, 1.165) is 25.3 Å². The second kappa shape index (κ2) is 5.29. The summed E-state index contributed by atoms with van der Waals surface area (Å²) in [6.07, 6.45) is 4.06. The van der Waals surface area contributed by atoms with Crippen LogP contribution in [0.25, 0.3) is 11.0 Å². The Bertz CT molecular complexity index is 487. The number of likely N-dealkylation sites (N-methyl/N-ethyl adjacent to an activating group) is 1. The zero-order valence-corrected chi connectivity index (χ0v) is 10.8. The van der Waals surface area contributed by atoms with Crippen molar-refractivity contribution in [2.24, 2.45) is 0 Å². The topological polar surface area (TPSA) is 33.1 Å². The summed E-state index contributed by atoms with van der Waals surface area (Å²) >= 11 is 0. The molecule has 0 aliphatic carbocycles. The van der Waals surface area contributed by atoms with Gasteiger partial charge in [-0.3, -0.25) is 0 Å². The number of nitrogens with zero attached hydrogens (tertiary/aromatic N) is 3. The van der Waals surface area contributed by atoms with Crippen molar-refractivity contribution in [3.8, 4) is 0 Å². The molecule has 92 valence electrons. The number of rotatable bonds is 5. The molecular weight excluding hydrogens is 212 g/mol. The van der Waals surface area contributed by atoms with Gasteiger partial charge in [0, 0.05) is 37.4 Å². The van der Waals surface area contributed by atoms with Gasteiger partial charge in [0.25, 0.3) is 0 Å². The van der Waals surface area contributed by atoms with Crippen molar-refractivity contribution < 1.29 is 0 Å². The molecule has 0 radical (unpaired) electrons. The molecule has 2 aromatic heterocycles. The lowest BCUT2D eigenvalue weighted by Crippen LogP contribution is -2.18. The van der Waals surface area contributed by atoms with Gasteiger partial charge in [0.05, 0.1) is 0 Å². The molecule has 2 heterocycles. The van der Waals surface area contributed by atoms with Crippen LogP contribution in [0.15, 0.2) is 24.5 Å². The predicted molar refractivity (Wildman–Crippen MR) is 71.1 cm³/mol.